The molecule has 4 N–H and O–H groups in total. The quantitative estimate of drug-likeness (QED) is 0.521. The number of sulfonamides is 1. The fourth-order valence-electron chi connectivity index (χ4n) is 5.38. The van der Waals surface area contributed by atoms with Crippen LogP contribution in [-0.4, -0.2) is 35.9 Å². The van der Waals surface area contributed by atoms with E-state index in [-0.39, 0.29) is 16.8 Å². The second kappa shape index (κ2) is 9.47. The second-order valence-electron chi connectivity index (χ2n) is 9.82. The molecule has 1 heterocycles. The van der Waals surface area contributed by atoms with E-state index >= 15 is 0 Å². The van der Waals surface area contributed by atoms with Crippen LogP contribution >= 0.6 is 11.6 Å². The Hall–Kier alpha value is -2.17. The summed E-state index contributed by atoms with van der Waals surface area (Å²) < 4.78 is 41.9. The highest BCUT2D eigenvalue weighted by molar-refractivity contribution is 7.90. The van der Waals surface area contributed by atoms with E-state index in [2.05, 4.69) is 15.1 Å². The van der Waals surface area contributed by atoms with Crippen LogP contribution in [-0.2, 0) is 17.1 Å². The number of benzene rings is 1. The van der Waals surface area contributed by atoms with Gasteiger partial charge in [-0.25, -0.2) is 17.5 Å². The summed E-state index contributed by atoms with van der Waals surface area (Å²) in [5.41, 5.74) is 7.61. The van der Waals surface area contributed by atoms with Gasteiger partial charge in [0.25, 0.3) is 5.91 Å². The smallest absolute Gasteiger partial charge is 0.261 e. The van der Waals surface area contributed by atoms with Crippen LogP contribution in [0.2, 0.25) is 5.02 Å². The van der Waals surface area contributed by atoms with Crippen LogP contribution in [0.25, 0.3) is 0 Å². The number of nitrogens with two attached hydrogens (primary N) is 1. The number of carbonyl (C=O) groups is 1. The number of hydrogen-bond donors (Lipinski definition) is 3. The number of carbonyl (C=O) groups excluding carboxylic acids is 1. The monoisotopic (exact) mass is 511 g/mol. The number of halogens is 2. The Morgan fingerprint density at radius 3 is 2.50 bits per heavy atom. The SMILES string of the molecule is CC(C)S(=O)(=O)NCC1CC2CC(c3nn(C)c(N)c3C(=O)Nc3ccc(F)c(Cl)c3)CC2C1. The van der Waals surface area contributed by atoms with E-state index in [4.69, 9.17) is 17.3 Å². The predicted molar refractivity (Wildman–Crippen MR) is 131 cm³/mol. The maximum absolute atomic E-state index is 13.5. The lowest BCUT2D eigenvalue weighted by atomic mass is 9.93. The van der Waals surface area contributed by atoms with E-state index < -0.39 is 27.0 Å². The van der Waals surface area contributed by atoms with Crippen LogP contribution in [0.15, 0.2) is 18.2 Å². The molecule has 34 heavy (non-hydrogen) atoms. The molecule has 1 amide bonds. The third-order valence-electron chi connectivity index (χ3n) is 7.22. The summed E-state index contributed by atoms with van der Waals surface area (Å²) in [4.78, 5) is 13.1. The molecule has 4 rings (SSSR count). The third-order valence-corrected chi connectivity index (χ3v) is 9.32. The molecule has 0 aliphatic heterocycles. The lowest BCUT2D eigenvalue weighted by Gasteiger charge is -2.16. The van der Waals surface area contributed by atoms with Gasteiger partial charge in [-0.2, -0.15) is 5.10 Å². The lowest BCUT2D eigenvalue weighted by Crippen LogP contribution is -2.34. The van der Waals surface area contributed by atoms with Crippen LogP contribution in [0.4, 0.5) is 15.9 Å². The van der Waals surface area contributed by atoms with Gasteiger partial charge in [-0.05, 0) is 75.5 Å². The Balaban J connectivity index is 1.44. The van der Waals surface area contributed by atoms with Gasteiger partial charge in [0.15, 0.2) is 0 Å². The molecule has 2 aliphatic carbocycles. The van der Waals surface area contributed by atoms with Crippen molar-refractivity contribution in [3.8, 4) is 0 Å². The van der Waals surface area contributed by atoms with Gasteiger partial charge in [0.05, 0.1) is 16.0 Å². The van der Waals surface area contributed by atoms with Crippen LogP contribution in [0.3, 0.4) is 0 Å². The molecule has 2 aromatic rings. The van der Waals surface area contributed by atoms with Gasteiger partial charge < -0.3 is 11.1 Å². The molecule has 0 radical (unpaired) electrons. The molecule has 1 aromatic carbocycles. The molecular weight excluding hydrogens is 481 g/mol. The summed E-state index contributed by atoms with van der Waals surface area (Å²) in [7, 11) is -1.56. The van der Waals surface area contributed by atoms with Gasteiger partial charge in [-0.3, -0.25) is 9.48 Å². The summed E-state index contributed by atoms with van der Waals surface area (Å²) in [6.07, 6.45) is 3.69. The van der Waals surface area contributed by atoms with Gasteiger partial charge in [-0.15, -0.1) is 0 Å². The molecule has 2 unspecified atom stereocenters. The Morgan fingerprint density at radius 1 is 1.26 bits per heavy atom. The number of nitrogen functional groups attached to an aromatic ring is 1. The standard InChI is InChI=1S/C23H31ClFN5O3S/c1-12(2)34(32,33)27-11-13-6-14-8-16(9-15(14)7-13)21-20(22(26)30(3)29-21)23(31)28-17-4-5-19(25)18(24)10-17/h4-5,10,12-16,27H,6-9,11,26H2,1-3H3,(H,28,31). The minimum atomic E-state index is -3.26. The number of rotatable bonds is 7. The third kappa shape index (κ3) is 4.94. The summed E-state index contributed by atoms with van der Waals surface area (Å²) in [5, 5.41) is 6.81. The summed E-state index contributed by atoms with van der Waals surface area (Å²) >= 11 is 5.84. The highest BCUT2D eigenvalue weighted by Gasteiger charge is 2.44. The van der Waals surface area contributed by atoms with Crippen LogP contribution in [0.5, 0.6) is 0 Å². The molecule has 1 aromatic heterocycles. The zero-order valence-electron chi connectivity index (χ0n) is 19.5. The van der Waals surface area contributed by atoms with E-state index in [1.54, 1.807) is 20.9 Å². The molecule has 2 fully saturated rings. The van der Waals surface area contributed by atoms with E-state index in [1.807, 2.05) is 0 Å². The van der Waals surface area contributed by atoms with Crippen molar-refractivity contribution in [2.45, 2.75) is 50.7 Å². The number of anilines is 2. The van der Waals surface area contributed by atoms with Crippen molar-refractivity contribution in [1.29, 1.82) is 0 Å². The number of aryl methyl sites for hydroxylation is 1. The maximum atomic E-state index is 13.5. The Kier molecular flexibility index (Phi) is 6.94. The van der Waals surface area contributed by atoms with Crippen LogP contribution in [0.1, 0.15) is 61.5 Å². The van der Waals surface area contributed by atoms with Crippen molar-refractivity contribution in [2.75, 3.05) is 17.6 Å². The number of aromatic nitrogens is 2. The molecule has 0 saturated heterocycles. The van der Waals surface area contributed by atoms with Crippen molar-refractivity contribution in [1.82, 2.24) is 14.5 Å². The van der Waals surface area contributed by atoms with Gasteiger partial charge in [0.1, 0.15) is 17.2 Å². The molecule has 8 nitrogen and oxygen atoms in total. The number of nitrogens with zero attached hydrogens (tertiary/aromatic N) is 2. The fraction of sp³-hybridized carbons (Fsp3) is 0.565. The topological polar surface area (TPSA) is 119 Å². The number of hydrogen-bond acceptors (Lipinski definition) is 5. The van der Waals surface area contributed by atoms with Crippen molar-refractivity contribution >= 4 is 39.0 Å². The average Bonchev–Trinajstić information content (AvgIpc) is 3.41. The first-order valence-corrected chi connectivity index (χ1v) is 13.5. The minimum Gasteiger partial charge on any atom is -0.383 e. The Bertz CT molecular complexity index is 1190. The van der Waals surface area contributed by atoms with E-state index in [0.717, 1.165) is 25.7 Å². The molecule has 0 spiro atoms. The fourth-order valence-corrected chi connectivity index (χ4v) is 6.36. The molecular formula is C23H31ClFN5O3S. The van der Waals surface area contributed by atoms with E-state index in [1.165, 1.54) is 22.9 Å². The second-order valence-corrected chi connectivity index (χ2v) is 12.5. The molecule has 2 atom stereocenters. The number of nitrogens with one attached hydrogen (secondary N) is 2. The first kappa shape index (κ1) is 24.9. The zero-order valence-corrected chi connectivity index (χ0v) is 21.1. The number of amides is 1. The molecule has 0 bridgehead atoms. The van der Waals surface area contributed by atoms with Crippen molar-refractivity contribution in [3.63, 3.8) is 0 Å². The molecule has 11 heteroatoms. The minimum absolute atomic E-state index is 0.0777. The highest BCUT2D eigenvalue weighted by Crippen LogP contribution is 2.52. The lowest BCUT2D eigenvalue weighted by molar-refractivity contribution is 0.102. The van der Waals surface area contributed by atoms with Gasteiger partial charge >= 0.3 is 0 Å². The van der Waals surface area contributed by atoms with Crippen LogP contribution < -0.4 is 15.8 Å². The van der Waals surface area contributed by atoms with Gasteiger partial charge in [0.2, 0.25) is 10.0 Å². The predicted octanol–water partition coefficient (Wildman–Crippen LogP) is 3.89. The first-order valence-electron chi connectivity index (χ1n) is 11.5. The summed E-state index contributed by atoms with van der Waals surface area (Å²) in [6.45, 7) is 3.82. The van der Waals surface area contributed by atoms with E-state index in [9.17, 15) is 17.6 Å². The normalized spacial score (nSPS) is 24.5. The average molecular weight is 512 g/mol. The first-order chi connectivity index (χ1) is 16.0. The largest absolute Gasteiger partial charge is 0.383 e. The van der Waals surface area contributed by atoms with Gasteiger partial charge in [-0.1, -0.05) is 11.6 Å². The maximum Gasteiger partial charge on any atom is 0.261 e. The molecule has 2 aliphatic rings. The van der Waals surface area contributed by atoms with Crippen LogP contribution in [0, 0.1) is 23.6 Å². The molecule has 186 valence electrons. The summed E-state index contributed by atoms with van der Waals surface area (Å²) in [6, 6.07) is 3.99. The van der Waals surface area contributed by atoms with Crippen molar-refractivity contribution < 1.29 is 17.6 Å². The number of fused-ring (bicyclic) bond motifs is 1. The Morgan fingerprint density at radius 2 is 1.91 bits per heavy atom. The van der Waals surface area contributed by atoms with Gasteiger partial charge in [0, 0.05) is 25.2 Å². The van der Waals surface area contributed by atoms with Crippen molar-refractivity contribution in [3.05, 3.63) is 40.3 Å². The van der Waals surface area contributed by atoms with E-state index in [0.29, 0.717) is 41.2 Å². The zero-order chi connectivity index (χ0) is 24.8. The Labute approximate surface area is 204 Å². The molecule has 2 saturated carbocycles. The summed E-state index contributed by atoms with van der Waals surface area (Å²) in [5.74, 6) is 0.671. The van der Waals surface area contributed by atoms with Crippen molar-refractivity contribution in [2.24, 2.45) is 24.8 Å². The highest BCUT2D eigenvalue weighted by atomic mass is 35.5.